The Hall–Kier alpha value is -1.34. The van der Waals surface area contributed by atoms with Gasteiger partial charge in [-0.2, -0.15) is 0 Å². The Morgan fingerprint density at radius 3 is 2.94 bits per heavy atom. The predicted octanol–water partition coefficient (Wildman–Crippen LogP) is 3.24. The molecule has 1 aliphatic carbocycles. The topological polar surface area (TPSA) is 12.0 Å². The molecular weight excluding hydrogens is 206 g/mol. The van der Waals surface area contributed by atoms with Gasteiger partial charge in [0, 0.05) is 18.0 Å². The molecule has 0 saturated heterocycles. The van der Waals surface area contributed by atoms with Crippen molar-refractivity contribution in [1.82, 2.24) is 5.32 Å². The average Bonchev–Trinajstić information content (AvgIpc) is 2.30. The summed E-state index contributed by atoms with van der Waals surface area (Å²) in [5.41, 5.74) is 5.74. The van der Waals surface area contributed by atoms with Crippen LogP contribution in [0.25, 0.3) is 0 Å². The molecule has 3 rings (SSSR count). The first-order chi connectivity index (χ1) is 8.09. The van der Waals surface area contributed by atoms with Gasteiger partial charge < -0.3 is 5.32 Å². The Bertz CT molecular complexity index is 524. The summed E-state index contributed by atoms with van der Waals surface area (Å²) in [6.45, 7) is 7.64. The molecule has 0 spiro atoms. The van der Waals surface area contributed by atoms with Crippen LogP contribution in [0.3, 0.4) is 0 Å². The van der Waals surface area contributed by atoms with Crippen LogP contribution >= 0.6 is 0 Å². The third kappa shape index (κ3) is 1.57. The zero-order valence-electron chi connectivity index (χ0n) is 10.7. The minimum atomic E-state index is 0.112. The summed E-state index contributed by atoms with van der Waals surface area (Å²) < 4.78 is 0. The van der Waals surface area contributed by atoms with Crippen molar-refractivity contribution < 1.29 is 0 Å². The fraction of sp³-hybridized carbons (Fsp3) is 0.375. The van der Waals surface area contributed by atoms with E-state index in [0.717, 1.165) is 6.54 Å². The van der Waals surface area contributed by atoms with Crippen molar-refractivity contribution in [2.45, 2.75) is 38.8 Å². The normalized spacial score (nSPS) is 30.5. The summed E-state index contributed by atoms with van der Waals surface area (Å²) in [5, 5.41) is 3.65. The SMILES string of the molecule is CC1=CC2NCc3cc(C)ccc3C2(C)C=C1. The second-order valence-electron chi connectivity index (χ2n) is 5.55. The van der Waals surface area contributed by atoms with Crippen LogP contribution in [0.2, 0.25) is 0 Å². The van der Waals surface area contributed by atoms with E-state index in [2.05, 4.69) is 62.5 Å². The molecule has 0 amide bonds. The van der Waals surface area contributed by atoms with Gasteiger partial charge in [0.2, 0.25) is 0 Å². The Balaban J connectivity index is 2.15. The van der Waals surface area contributed by atoms with Crippen LogP contribution < -0.4 is 5.32 Å². The smallest absolute Gasteiger partial charge is 0.0388 e. The monoisotopic (exact) mass is 225 g/mol. The highest BCUT2D eigenvalue weighted by Crippen LogP contribution is 2.39. The molecule has 1 aromatic carbocycles. The molecule has 0 saturated carbocycles. The van der Waals surface area contributed by atoms with Crippen molar-refractivity contribution >= 4 is 0 Å². The van der Waals surface area contributed by atoms with E-state index in [4.69, 9.17) is 0 Å². The molecule has 0 bridgehead atoms. The Morgan fingerprint density at radius 2 is 2.12 bits per heavy atom. The van der Waals surface area contributed by atoms with E-state index < -0.39 is 0 Å². The molecule has 1 nitrogen and oxygen atoms in total. The molecule has 2 aliphatic rings. The molecule has 0 aromatic heterocycles. The summed E-state index contributed by atoms with van der Waals surface area (Å²) in [5.74, 6) is 0. The fourth-order valence-corrected chi connectivity index (χ4v) is 3.04. The van der Waals surface area contributed by atoms with Gasteiger partial charge >= 0.3 is 0 Å². The molecule has 1 heterocycles. The second-order valence-corrected chi connectivity index (χ2v) is 5.55. The van der Waals surface area contributed by atoms with Crippen LogP contribution in [-0.4, -0.2) is 6.04 Å². The van der Waals surface area contributed by atoms with E-state index in [1.165, 1.54) is 22.3 Å². The Morgan fingerprint density at radius 1 is 1.29 bits per heavy atom. The fourth-order valence-electron chi connectivity index (χ4n) is 3.04. The third-order valence-electron chi connectivity index (χ3n) is 4.12. The largest absolute Gasteiger partial charge is 0.305 e. The highest BCUT2D eigenvalue weighted by atomic mass is 14.9. The number of nitrogens with one attached hydrogen (secondary N) is 1. The van der Waals surface area contributed by atoms with Crippen molar-refractivity contribution in [3.05, 3.63) is 58.7 Å². The van der Waals surface area contributed by atoms with Gasteiger partial charge in [-0.25, -0.2) is 0 Å². The van der Waals surface area contributed by atoms with Gasteiger partial charge in [0.25, 0.3) is 0 Å². The van der Waals surface area contributed by atoms with E-state index in [-0.39, 0.29) is 5.41 Å². The molecule has 1 aromatic rings. The van der Waals surface area contributed by atoms with Gasteiger partial charge in [0.15, 0.2) is 0 Å². The van der Waals surface area contributed by atoms with E-state index in [0.29, 0.717) is 6.04 Å². The van der Waals surface area contributed by atoms with Gasteiger partial charge in [-0.05, 0) is 25.0 Å². The van der Waals surface area contributed by atoms with Crippen LogP contribution in [0.1, 0.15) is 30.5 Å². The highest BCUT2D eigenvalue weighted by molar-refractivity contribution is 5.48. The quantitative estimate of drug-likeness (QED) is 0.714. The van der Waals surface area contributed by atoms with Crippen LogP contribution in [0.4, 0.5) is 0 Å². The van der Waals surface area contributed by atoms with Crippen LogP contribution in [0, 0.1) is 6.92 Å². The minimum absolute atomic E-state index is 0.112. The molecule has 1 N–H and O–H groups in total. The van der Waals surface area contributed by atoms with Crippen LogP contribution in [0.5, 0.6) is 0 Å². The zero-order chi connectivity index (χ0) is 12.0. The molecule has 1 aliphatic heterocycles. The predicted molar refractivity (Wildman–Crippen MR) is 72.1 cm³/mol. The average molecular weight is 225 g/mol. The van der Waals surface area contributed by atoms with E-state index in [1.54, 1.807) is 0 Å². The van der Waals surface area contributed by atoms with E-state index in [9.17, 15) is 0 Å². The van der Waals surface area contributed by atoms with Gasteiger partial charge in [-0.1, -0.05) is 54.5 Å². The minimum Gasteiger partial charge on any atom is -0.305 e. The lowest BCUT2D eigenvalue weighted by molar-refractivity contribution is 0.396. The summed E-state index contributed by atoms with van der Waals surface area (Å²) in [6.07, 6.45) is 6.95. The van der Waals surface area contributed by atoms with Crippen molar-refractivity contribution in [2.24, 2.45) is 0 Å². The maximum Gasteiger partial charge on any atom is 0.0388 e. The van der Waals surface area contributed by atoms with E-state index in [1.807, 2.05) is 0 Å². The number of fused-ring (bicyclic) bond motifs is 3. The first-order valence-electron chi connectivity index (χ1n) is 6.31. The van der Waals surface area contributed by atoms with E-state index >= 15 is 0 Å². The lowest BCUT2D eigenvalue weighted by Gasteiger charge is -2.42. The summed E-state index contributed by atoms with van der Waals surface area (Å²) in [6, 6.07) is 7.27. The summed E-state index contributed by atoms with van der Waals surface area (Å²) in [4.78, 5) is 0. The highest BCUT2D eigenvalue weighted by Gasteiger charge is 2.38. The second kappa shape index (κ2) is 3.58. The number of hydrogen-bond acceptors (Lipinski definition) is 1. The molecular formula is C16H19N. The molecule has 17 heavy (non-hydrogen) atoms. The molecule has 2 unspecified atom stereocenters. The molecule has 1 heteroatoms. The molecule has 88 valence electrons. The van der Waals surface area contributed by atoms with Gasteiger partial charge in [-0.3, -0.25) is 0 Å². The van der Waals surface area contributed by atoms with Gasteiger partial charge in [0.1, 0.15) is 0 Å². The standard InChI is InChI=1S/C16H19N/c1-11-4-5-14-13(8-11)10-17-15-9-12(2)6-7-16(14,15)3/h4-9,15,17H,10H2,1-3H3. The lowest BCUT2D eigenvalue weighted by Crippen LogP contribution is -2.49. The third-order valence-corrected chi connectivity index (χ3v) is 4.12. The van der Waals surface area contributed by atoms with Crippen molar-refractivity contribution in [3.8, 4) is 0 Å². The van der Waals surface area contributed by atoms with Crippen molar-refractivity contribution in [2.75, 3.05) is 0 Å². The number of allylic oxidation sites excluding steroid dienone is 2. The summed E-state index contributed by atoms with van der Waals surface area (Å²) in [7, 11) is 0. The first kappa shape index (κ1) is 10.8. The number of aryl methyl sites for hydroxylation is 1. The lowest BCUT2D eigenvalue weighted by atomic mass is 9.69. The Labute approximate surface area is 103 Å². The van der Waals surface area contributed by atoms with Crippen molar-refractivity contribution in [1.29, 1.82) is 0 Å². The Kier molecular flexibility index (Phi) is 2.27. The van der Waals surface area contributed by atoms with Gasteiger partial charge in [0.05, 0.1) is 0 Å². The van der Waals surface area contributed by atoms with Crippen LogP contribution in [-0.2, 0) is 12.0 Å². The first-order valence-corrected chi connectivity index (χ1v) is 6.31. The number of hydrogen-bond donors (Lipinski definition) is 1. The summed E-state index contributed by atoms with van der Waals surface area (Å²) >= 11 is 0. The molecule has 0 radical (unpaired) electrons. The maximum absolute atomic E-state index is 3.65. The number of rotatable bonds is 0. The molecule has 0 fully saturated rings. The zero-order valence-corrected chi connectivity index (χ0v) is 10.7. The number of benzene rings is 1. The van der Waals surface area contributed by atoms with Crippen LogP contribution in [0.15, 0.2) is 42.0 Å². The van der Waals surface area contributed by atoms with Gasteiger partial charge in [-0.15, -0.1) is 0 Å². The maximum atomic E-state index is 3.65. The molecule has 2 atom stereocenters. The van der Waals surface area contributed by atoms with Crippen molar-refractivity contribution in [3.63, 3.8) is 0 Å².